The summed E-state index contributed by atoms with van der Waals surface area (Å²) in [4.78, 5) is 32.3. The van der Waals surface area contributed by atoms with Crippen LogP contribution in [0.3, 0.4) is 0 Å². The topological polar surface area (TPSA) is 132 Å². The normalized spacial score (nSPS) is 20.8. The fourth-order valence-corrected chi connectivity index (χ4v) is 6.93. The van der Waals surface area contributed by atoms with Crippen LogP contribution in [0.4, 0.5) is 5.69 Å². The van der Waals surface area contributed by atoms with Gasteiger partial charge in [-0.05, 0) is 82.6 Å². The van der Waals surface area contributed by atoms with Gasteiger partial charge < -0.3 is 20.4 Å². The Hall–Kier alpha value is -5.20. The summed E-state index contributed by atoms with van der Waals surface area (Å²) in [6, 6.07) is 11.2. The highest BCUT2D eigenvalue weighted by molar-refractivity contribution is 6.11. The minimum atomic E-state index is -0.256. The van der Waals surface area contributed by atoms with Gasteiger partial charge in [-0.1, -0.05) is 54.3 Å². The SMILES string of the molecule is C=C/C=C\C1=C(/CC)C(=O)C(/C(=C\C)NCCCN2CCN(CCCNc3ccc4nnn5c6ccccc6c(=O)c3c45)CC2)=C/C(C)N=NN1. The molecule has 0 saturated carbocycles. The van der Waals surface area contributed by atoms with Crippen molar-refractivity contribution in [2.75, 3.05) is 57.7 Å². The molecule has 0 bridgehead atoms. The molecule has 3 N–H and O–H groups in total. The number of piperazine rings is 1. The summed E-state index contributed by atoms with van der Waals surface area (Å²) in [5.41, 5.74) is 8.79. The summed E-state index contributed by atoms with van der Waals surface area (Å²) in [5.74, 6) is -0.0283. The molecule has 12 nitrogen and oxygen atoms in total. The number of pyridine rings is 1. The second-order valence-corrected chi connectivity index (χ2v) is 13.0. The van der Waals surface area contributed by atoms with Gasteiger partial charge in [-0.3, -0.25) is 15.0 Å². The van der Waals surface area contributed by atoms with Crippen LogP contribution in [0.25, 0.3) is 27.3 Å². The standard InChI is InChI=1S/C39H48N10O2/c1-5-8-14-32-28(6-2)38(50)30(26-27(4)42-45-43-32)31(7-3)40-18-11-20-47-22-24-48(25-23-47)21-12-19-41-33-16-17-34-37-36(33)39(51)29-13-9-10-15-35(29)49(37)46-44-34/h5,7-10,13-17,26-27,40-41H,1,6,11-12,18-25H2,2-4H3,(H,42,43)/b14-8-,30-26+,31-7+,32-28-. The van der Waals surface area contributed by atoms with E-state index in [1.807, 2.05) is 75.4 Å². The van der Waals surface area contributed by atoms with Gasteiger partial charge in [0.2, 0.25) is 0 Å². The molecule has 51 heavy (non-hydrogen) atoms. The predicted octanol–water partition coefficient (Wildman–Crippen LogP) is 5.40. The second kappa shape index (κ2) is 16.7. The number of nitrogens with zero attached hydrogens (tertiary/aromatic N) is 7. The first-order valence-corrected chi connectivity index (χ1v) is 18.0. The number of allylic oxidation sites excluding steroid dienone is 6. The maximum absolute atomic E-state index is 13.8. The number of rotatable bonds is 14. The highest BCUT2D eigenvalue weighted by Crippen LogP contribution is 2.27. The number of aromatic nitrogens is 3. The van der Waals surface area contributed by atoms with E-state index in [0.29, 0.717) is 34.0 Å². The second-order valence-electron chi connectivity index (χ2n) is 13.0. The first-order valence-electron chi connectivity index (χ1n) is 18.0. The van der Waals surface area contributed by atoms with Crippen molar-refractivity contribution in [1.82, 2.24) is 35.4 Å². The molecular weight excluding hydrogens is 640 g/mol. The van der Waals surface area contributed by atoms with E-state index in [0.717, 1.165) is 93.1 Å². The van der Waals surface area contributed by atoms with Gasteiger partial charge in [0.1, 0.15) is 11.0 Å². The molecule has 2 aromatic heterocycles. The van der Waals surface area contributed by atoms with Gasteiger partial charge in [-0.15, -0.1) is 5.10 Å². The van der Waals surface area contributed by atoms with E-state index in [4.69, 9.17) is 0 Å². The van der Waals surface area contributed by atoms with Crippen LogP contribution in [0.2, 0.25) is 0 Å². The predicted molar refractivity (Wildman–Crippen MR) is 205 cm³/mol. The maximum Gasteiger partial charge on any atom is 0.199 e. The molecule has 266 valence electrons. The lowest BCUT2D eigenvalue weighted by Crippen LogP contribution is -2.47. The van der Waals surface area contributed by atoms with Crippen molar-refractivity contribution in [3.63, 3.8) is 0 Å². The Morgan fingerprint density at radius 2 is 1.78 bits per heavy atom. The lowest BCUT2D eigenvalue weighted by Gasteiger charge is -2.34. The average molecular weight is 689 g/mol. The Labute approximate surface area is 298 Å². The van der Waals surface area contributed by atoms with Crippen LogP contribution in [0.15, 0.2) is 111 Å². The van der Waals surface area contributed by atoms with Crippen molar-refractivity contribution < 1.29 is 4.79 Å². The quantitative estimate of drug-likeness (QED) is 0.0906. The summed E-state index contributed by atoms with van der Waals surface area (Å²) < 4.78 is 1.78. The van der Waals surface area contributed by atoms with Gasteiger partial charge in [0.25, 0.3) is 0 Å². The van der Waals surface area contributed by atoms with Gasteiger partial charge in [-0.2, -0.15) is 5.11 Å². The molecule has 4 heterocycles. The molecule has 4 aromatic rings. The minimum absolute atomic E-state index is 0.0101. The monoisotopic (exact) mass is 688 g/mol. The van der Waals surface area contributed by atoms with Crippen molar-refractivity contribution in [2.24, 2.45) is 10.3 Å². The number of nitrogens with one attached hydrogen (secondary N) is 3. The number of carbonyl (C=O) groups is 1. The van der Waals surface area contributed by atoms with E-state index < -0.39 is 0 Å². The van der Waals surface area contributed by atoms with Crippen LogP contribution in [0.5, 0.6) is 0 Å². The maximum atomic E-state index is 13.8. The zero-order chi connectivity index (χ0) is 35.7. The van der Waals surface area contributed by atoms with Crippen LogP contribution in [-0.4, -0.2) is 88.8 Å². The Morgan fingerprint density at radius 1 is 1.04 bits per heavy atom. The largest absolute Gasteiger partial charge is 0.385 e. The molecule has 1 saturated heterocycles. The smallest absolute Gasteiger partial charge is 0.199 e. The summed E-state index contributed by atoms with van der Waals surface area (Å²) in [7, 11) is 0. The van der Waals surface area contributed by atoms with Crippen molar-refractivity contribution in [2.45, 2.75) is 46.1 Å². The average Bonchev–Trinajstić information content (AvgIpc) is 3.60. The lowest BCUT2D eigenvalue weighted by atomic mass is 9.95. The molecule has 1 fully saturated rings. The number of benzene rings is 2. The van der Waals surface area contributed by atoms with Crippen molar-refractivity contribution in [3.05, 3.63) is 106 Å². The Morgan fingerprint density at radius 3 is 2.51 bits per heavy atom. The van der Waals surface area contributed by atoms with Crippen molar-refractivity contribution >= 4 is 38.8 Å². The zero-order valence-electron chi connectivity index (χ0n) is 29.9. The number of anilines is 1. The number of para-hydroxylation sites is 1. The Bertz CT molecular complexity index is 2080. The third-order valence-corrected chi connectivity index (χ3v) is 9.61. The Balaban J connectivity index is 0.960. The molecule has 1 atom stereocenters. The number of hydrogen-bond acceptors (Lipinski definition) is 11. The first-order chi connectivity index (χ1) is 24.9. The van der Waals surface area contributed by atoms with Crippen molar-refractivity contribution in [1.29, 1.82) is 0 Å². The molecule has 6 rings (SSSR count). The number of carbonyl (C=O) groups excluding carboxylic acids is 1. The fraction of sp³-hybridized carbons (Fsp3) is 0.385. The molecule has 2 aromatic carbocycles. The fourth-order valence-electron chi connectivity index (χ4n) is 6.93. The summed E-state index contributed by atoms with van der Waals surface area (Å²) >= 11 is 0. The molecule has 2 aliphatic heterocycles. The molecule has 12 heteroatoms. The van der Waals surface area contributed by atoms with Crippen LogP contribution >= 0.6 is 0 Å². The van der Waals surface area contributed by atoms with E-state index in [-0.39, 0.29) is 17.3 Å². The van der Waals surface area contributed by atoms with Gasteiger partial charge in [0, 0.05) is 67.2 Å². The van der Waals surface area contributed by atoms with E-state index in [1.54, 1.807) is 16.7 Å². The molecular formula is C39H48N10O2. The molecule has 2 aliphatic rings. The number of Topliss-reactive ketones (excluding diaryl/α,β-unsaturated/α-hetero) is 1. The number of hydrogen-bond donors (Lipinski definition) is 3. The van der Waals surface area contributed by atoms with Crippen molar-refractivity contribution in [3.8, 4) is 0 Å². The van der Waals surface area contributed by atoms with Crippen LogP contribution in [0.1, 0.15) is 40.0 Å². The van der Waals surface area contributed by atoms with Gasteiger partial charge in [0.05, 0.1) is 22.6 Å². The summed E-state index contributed by atoms with van der Waals surface area (Å²) in [5, 5.41) is 25.4. The Kier molecular flexibility index (Phi) is 11.6. The summed E-state index contributed by atoms with van der Waals surface area (Å²) in [6.45, 7) is 17.2. The van der Waals surface area contributed by atoms with E-state index in [1.165, 1.54) is 0 Å². The van der Waals surface area contributed by atoms with Crippen LogP contribution in [-0.2, 0) is 4.79 Å². The highest BCUT2D eigenvalue weighted by Gasteiger charge is 2.23. The number of ketones is 1. The molecule has 0 aliphatic carbocycles. The molecule has 1 unspecified atom stereocenters. The summed E-state index contributed by atoms with van der Waals surface area (Å²) in [6.07, 6.45) is 11.6. The lowest BCUT2D eigenvalue weighted by molar-refractivity contribution is -0.112. The molecule has 0 spiro atoms. The van der Waals surface area contributed by atoms with E-state index >= 15 is 0 Å². The van der Waals surface area contributed by atoms with Crippen LogP contribution < -0.4 is 21.5 Å². The molecule has 0 radical (unpaired) electrons. The van der Waals surface area contributed by atoms with E-state index in [9.17, 15) is 9.59 Å². The van der Waals surface area contributed by atoms with Crippen LogP contribution in [0, 0.1) is 0 Å². The first kappa shape index (κ1) is 35.6. The number of fused-ring (bicyclic) bond motifs is 2. The molecule has 0 amide bonds. The van der Waals surface area contributed by atoms with Gasteiger partial charge >= 0.3 is 0 Å². The third-order valence-electron chi connectivity index (χ3n) is 9.61. The minimum Gasteiger partial charge on any atom is -0.385 e. The third kappa shape index (κ3) is 7.92. The van der Waals surface area contributed by atoms with E-state index in [2.05, 4.69) is 53.1 Å². The van der Waals surface area contributed by atoms with Gasteiger partial charge in [-0.25, -0.2) is 4.52 Å². The highest BCUT2D eigenvalue weighted by atomic mass is 16.1. The van der Waals surface area contributed by atoms with Gasteiger partial charge in [0.15, 0.2) is 11.2 Å². The zero-order valence-corrected chi connectivity index (χ0v) is 29.9.